The Hall–Kier alpha value is -0.730. The first-order valence-electron chi connectivity index (χ1n) is 4.95. The second-order valence-electron chi connectivity index (χ2n) is 4.91. The van der Waals surface area contributed by atoms with E-state index < -0.39 is 6.03 Å². The fraction of sp³-hybridized carbons (Fsp3) is 0.900. The number of carbonyl (C=O) groups is 1. The van der Waals surface area contributed by atoms with Gasteiger partial charge in [0.2, 0.25) is 0 Å². The quantitative estimate of drug-likeness (QED) is 0.643. The van der Waals surface area contributed by atoms with Crippen LogP contribution in [0.3, 0.4) is 0 Å². The molecule has 76 valence electrons. The molecule has 0 bridgehead atoms. The highest BCUT2D eigenvalue weighted by atomic mass is 16.2. The molecule has 0 heterocycles. The number of nitrogens with one attached hydrogen (secondary N) is 1. The van der Waals surface area contributed by atoms with Gasteiger partial charge in [0.15, 0.2) is 0 Å². The fourth-order valence-electron chi connectivity index (χ4n) is 2.16. The second kappa shape index (κ2) is 3.20. The van der Waals surface area contributed by atoms with E-state index in [4.69, 9.17) is 5.73 Å². The lowest BCUT2D eigenvalue weighted by molar-refractivity contribution is 0.0875. The highest BCUT2D eigenvalue weighted by Gasteiger charge is 2.43. The summed E-state index contributed by atoms with van der Waals surface area (Å²) >= 11 is 0. The molecule has 3 N–H and O–H groups in total. The lowest BCUT2D eigenvalue weighted by Gasteiger charge is -2.48. The first-order chi connectivity index (χ1) is 5.87. The van der Waals surface area contributed by atoms with Crippen molar-refractivity contribution in [3.63, 3.8) is 0 Å². The van der Waals surface area contributed by atoms with Crippen molar-refractivity contribution >= 4 is 6.03 Å². The topological polar surface area (TPSA) is 55.1 Å². The molecular weight excluding hydrogens is 164 g/mol. The molecule has 1 fully saturated rings. The van der Waals surface area contributed by atoms with Crippen LogP contribution in [0.5, 0.6) is 0 Å². The Labute approximate surface area is 80.1 Å². The number of nitrogens with two attached hydrogens (primary N) is 1. The minimum atomic E-state index is -0.405. The van der Waals surface area contributed by atoms with E-state index in [2.05, 4.69) is 26.1 Å². The maximum atomic E-state index is 10.9. The van der Waals surface area contributed by atoms with Crippen molar-refractivity contribution < 1.29 is 4.79 Å². The first kappa shape index (κ1) is 10.4. The summed E-state index contributed by atoms with van der Waals surface area (Å²) in [6.45, 7) is 6.49. The van der Waals surface area contributed by atoms with E-state index in [1.807, 2.05) is 0 Å². The third-order valence-corrected chi connectivity index (χ3v) is 3.62. The van der Waals surface area contributed by atoms with Crippen LogP contribution in [-0.2, 0) is 0 Å². The Morgan fingerprint density at radius 1 is 1.23 bits per heavy atom. The highest BCUT2D eigenvalue weighted by Crippen LogP contribution is 2.43. The van der Waals surface area contributed by atoms with Gasteiger partial charge in [-0.15, -0.1) is 0 Å². The zero-order chi connectivity index (χ0) is 10.1. The standard InChI is InChI=1S/C10H20N2O/c1-9(2)6-4-5-7-10(9,3)12-8(11)13/h4-7H2,1-3H3,(H3,11,12,13). The summed E-state index contributed by atoms with van der Waals surface area (Å²) in [4.78, 5) is 10.9. The molecule has 0 aromatic rings. The van der Waals surface area contributed by atoms with Gasteiger partial charge >= 0.3 is 6.03 Å². The zero-order valence-electron chi connectivity index (χ0n) is 8.81. The van der Waals surface area contributed by atoms with Crippen LogP contribution in [0.1, 0.15) is 46.5 Å². The van der Waals surface area contributed by atoms with Crippen LogP contribution in [-0.4, -0.2) is 11.6 Å². The Balaban J connectivity index is 2.77. The molecule has 0 radical (unpaired) electrons. The van der Waals surface area contributed by atoms with Gasteiger partial charge in [-0.3, -0.25) is 0 Å². The lowest BCUT2D eigenvalue weighted by Crippen LogP contribution is -2.58. The molecule has 13 heavy (non-hydrogen) atoms. The minimum Gasteiger partial charge on any atom is -0.352 e. The number of hydrogen-bond donors (Lipinski definition) is 2. The van der Waals surface area contributed by atoms with E-state index in [1.165, 1.54) is 12.8 Å². The van der Waals surface area contributed by atoms with Crippen LogP contribution in [0.4, 0.5) is 4.79 Å². The van der Waals surface area contributed by atoms with Crippen molar-refractivity contribution in [3.05, 3.63) is 0 Å². The Morgan fingerprint density at radius 3 is 2.23 bits per heavy atom. The highest BCUT2D eigenvalue weighted by molar-refractivity contribution is 5.72. The predicted octanol–water partition coefficient (Wildman–Crippen LogP) is 2.01. The van der Waals surface area contributed by atoms with Gasteiger partial charge in [-0.25, -0.2) is 4.79 Å². The summed E-state index contributed by atoms with van der Waals surface area (Å²) in [6, 6.07) is -0.405. The molecule has 1 aliphatic rings. The van der Waals surface area contributed by atoms with Crippen LogP contribution in [0, 0.1) is 5.41 Å². The van der Waals surface area contributed by atoms with Gasteiger partial charge in [0.1, 0.15) is 0 Å². The van der Waals surface area contributed by atoms with Crippen molar-refractivity contribution in [3.8, 4) is 0 Å². The van der Waals surface area contributed by atoms with E-state index >= 15 is 0 Å². The van der Waals surface area contributed by atoms with Gasteiger partial charge in [0, 0.05) is 5.54 Å². The molecule has 3 nitrogen and oxygen atoms in total. The fourth-order valence-corrected chi connectivity index (χ4v) is 2.16. The van der Waals surface area contributed by atoms with E-state index in [1.54, 1.807) is 0 Å². The molecule has 2 amide bonds. The van der Waals surface area contributed by atoms with E-state index in [-0.39, 0.29) is 11.0 Å². The number of urea groups is 1. The molecule has 1 saturated carbocycles. The maximum absolute atomic E-state index is 10.9. The van der Waals surface area contributed by atoms with Crippen molar-refractivity contribution in [2.24, 2.45) is 11.1 Å². The summed E-state index contributed by atoms with van der Waals surface area (Å²) in [5.74, 6) is 0. The van der Waals surface area contributed by atoms with Gasteiger partial charge in [-0.2, -0.15) is 0 Å². The maximum Gasteiger partial charge on any atom is 0.312 e. The van der Waals surface area contributed by atoms with Crippen LogP contribution >= 0.6 is 0 Å². The Kier molecular flexibility index (Phi) is 2.55. The number of amides is 2. The smallest absolute Gasteiger partial charge is 0.312 e. The molecule has 0 saturated heterocycles. The number of primary amides is 1. The molecule has 1 rings (SSSR count). The number of hydrogen-bond acceptors (Lipinski definition) is 1. The van der Waals surface area contributed by atoms with Gasteiger partial charge in [0.05, 0.1) is 0 Å². The minimum absolute atomic E-state index is 0.128. The monoisotopic (exact) mass is 184 g/mol. The molecule has 1 aliphatic carbocycles. The van der Waals surface area contributed by atoms with Crippen LogP contribution in [0.15, 0.2) is 0 Å². The van der Waals surface area contributed by atoms with E-state index in [9.17, 15) is 4.79 Å². The van der Waals surface area contributed by atoms with Gasteiger partial charge in [0.25, 0.3) is 0 Å². The SMILES string of the molecule is CC1(C)CCCCC1(C)NC(N)=O. The predicted molar refractivity (Wildman–Crippen MR) is 53.4 cm³/mol. The molecule has 0 spiro atoms. The third kappa shape index (κ3) is 1.95. The first-order valence-corrected chi connectivity index (χ1v) is 4.95. The molecule has 3 heteroatoms. The average Bonchev–Trinajstić information content (AvgIpc) is 1.94. The molecular formula is C10H20N2O. The van der Waals surface area contributed by atoms with E-state index in [0.717, 1.165) is 12.8 Å². The van der Waals surface area contributed by atoms with Gasteiger partial charge < -0.3 is 11.1 Å². The van der Waals surface area contributed by atoms with Crippen LogP contribution < -0.4 is 11.1 Å². The Bertz CT molecular complexity index is 213. The Morgan fingerprint density at radius 2 is 1.77 bits per heavy atom. The molecule has 1 unspecified atom stereocenters. The lowest BCUT2D eigenvalue weighted by atomic mass is 9.64. The van der Waals surface area contributed by atoms with Crippen molar-refractivity contribution in [2.75, 3.05) is 0 Å². The molecule has 0 aliphatic heterocycles. The van der Waals surface area contributed by atoms with Gasteiger partial charge in [-0.1, -0.05) is 26.7 Å². The van der Waals surface area contributed by atoms with Crippen molar-refractivity contribution in [1.82, 2.24) is 5.32 Å². The molecule has 1 atom stereocenters. The molecule has 0 aromatic carbocycles. The normalized spacial score (nSPS) is 32.5. The summed E-state index contributed by atoms with van der Waals surface area (Å²) in [6.07, 6.45) is 4.62. The second-order valence-corrected chi connectivity index (χ2v) is 4.91. The average molecular weight is 184 g/mol. The summed E-state index contributed by atoms with van der Waals surface area (Å²) in [5.41, 5.74) is 5.20. The summed E-state index contributed by atoms with van der Waals surface area (Å²) in [5, 5.41) is 2.89. The van der Waals surface area contributed by atoms with Crippen LogP contribution in [0.25, 0.3) is 0 Å². The number of carbonyl (C=O) groups excluding carboxylic acids is 1. The van der Waals surface area contributed by atoms with Crippen molar-refractivity contribution in [1.29, 1.82) is 0 Å². The molecule has 0 aromatic heterocycles. The van der Waals surface area contributed by atoms with E-state index in [0.29, 0.717) is 0 Å². The van der Waals surface area contributed by atoms with Crippen molar-refractivity contribution in [2.45, 2.75) is 52.0 Å². The summed E-state index contributed by atoms with van der Waals surface area (Å²) in [7, 11) is 0. The number of rotatable bonds is 1. The van der Waals surface area contributed by atoms with Gasteiger partial charge in [-0.05, 0) is 25.2 Å². The summed E-state index contributed by atoms with van der Waals surface area (Å²) < 4.78 is 0. The third-order valence-electron chi connectivity index (χ3n) is 3.62. The zero-order valence-corrected chi connectivity index (χ0v) is 8.81. The van der Waals surface area contributed by atoms with Crippen LogP contribution in [0.2, 0.25) is 0 Å². The largest absolute Gasteiger partial charge is 0.352 e.